The predicted octanol–water partition coefficient (Wildman–Crippen LogP) is 3.24. The smallest absolute Gasteiger partial charge is 0.339 e. The molecule has 0 aliphatic heterocycles. The van der Waals surface area contributed by atoms with Crippen LogP contribution in [-0.4, -0.2) is 28.4 Å². The van der Waals surface area contributed by atoms with Crippen LogP contribution < -0.4 is 4.74 Å². The van der Waals surface area contributed by atoms with Gasteiger partial charge in [0.05, 0.1) is 5.60 Å². The summed E-state index contributed by atoms with van der Waals surface area (Å²) in [5, 5.41) is 19.3. The van der Waals surface area contributed by atoms with Gasteiger partial charge in [-0.05, 0) is 37.5 Å². The van der Waals surface area contributed by atoms with Gasteiger partial charge in [0.25, 0.3) is 0 Å². The predicted molar refractivity (Wildman–Crippen MR) is 76.8 cm³/mol. The van der Waals surface area contributed by atoms with Gasteiger partial charge in [-0.15, -0.1) is 0 Å². The normalized spacial score (nSPS) is 14.3. The number of hydrogen-bond acceptors (Lipinski definition) is 3. The molecule has 0 aliphatic carbocycles. The molecule has 0 heterocycles. The minimum atomic E-state index is -1.05. The summed E-state index contributed by atoms with van der Waals surface area (Å²) in [7, 11) is 0. The van der Waals surface area contributed by atoms with Crippen LogP contribution in [0.2, 0.25) is 0 Å². The van der Waals surface area contributed by atoms with Crippen LogP contribution in [0.5, 0.6) is 5.75 Å². The molecule has 0 radical (unpaired) electrons. The van der Waals surface area contributed by atoms with Crippen molar-refractivity contribution in [1.29, 1.82) is 0 Å². The lowest BCUT2D eigenvalue weighted by Gasteiger charge is -2.28. The Hall–Kier alpha value is -1.07. The molecular weight excluding hydrogens is 312 g/mol. The van der Waals surface area contributed by atoms with Crippen molar-refractivity contribution < 1.29 is 19.7 Å². The van der Waals surface area contributed by atoms with Gasteiger partial charge < -0.3 is 14.9 Å². The summed E-state index contributed by atoms with van der Waals surface area (Å²) >= 11 is 3.26. The highest BCUT2D eigenvalue weighted by molar-refractivity contribution is 9.10. The molecule has 1 aromatic rings. The Balaban J connectivity index is 3.04. The van der Waals surface area contributed by atoms with Gasteiger partial charge in [0.15, 0.2) is 0 Å². The Morgan fingerprint density at radius 1 is 1.47 bits per heavy atom. The second-order valence-corrected chi connectivity index (χ2v) is 6.12. The van der Waals surface area contributed by atoms with Crippen molar-refractivity contribution in [3.8, 4) is 5.75 Å². The van der Waals surface area contributed by atoms with Crippen LogP contribution in [0, 0.1) is 12.8 Å². The van der Waals surface area contributed by atoms with E-state index in [1.165, 1.54) is 6.07 Å². The monoisotopic (exact) mass is 330 g/mol. The summed E-state index contributed by atoms with van der Waals surface area (Å²) in [5.74, 6) is -0.739. The highest BCUT2D eigenvalue weighted by Crippen LogP contribution is 2.29. The van der Waals surface area contributed by atoms with Crippen LogP contribution in [0.4, 0.5) is 0 Å². The molecule has 2 N–H and O–H groups in total. The van der Waals surface area contributed by atoms with E-state index in [4.69, 9.17) is 4.74 Å². The molecule has 0 bridgehead atoms. The van der Waals surface area contributed by atoms with E-state index >= 15 is 0 Å². The van der Waals surface area contributed by atoms with E-state index in [1.807, 2.05) is 13.8 Å². The Kier molecular flexibility index (Phi) is 4.98. The number of carbonyl (C=O) groups is 1. The molecule has 0 amide bonds. The number of aryl methyl sites for hydroxylation is 1. The molecule has 4 nitrogen and oxygen atoms in total. The zero-order chi connectivity index (χ0) is 14.8. The van der Waals surface area contributed by atoms with Crippen LogP contribution in [0.25, 0.3) is 0 Å². The number of halogens is 1. The second kappa shape index (κ2) is 5.92. The van der Waals surface area contributed by atoms with E-state index in [2.05, 4.69) is 15.9 Å². The first-order chi connectivity index (χ1) is 8.65. The number of carboxylic acid groups (broad SMARTS) is 1. The standard InChI is InChI=1S/C14H19BrO4/c1-8(2)14(4,18)7-19-12-9(3)5-10(15)6-11(12)13(16)17/h5-6,8,18H,7H2,1-4H3,(H,16,17). The number of aliphatic hydroxyl groups is 1. The molecule has 0 spiro atoms. The highest BCUT2D eigenvalue weighted by atomic mass is 79.9. The van der Waals surface area contributed by atoms with Gasteiger partial charge in [-0.25, -0.2) is 4.79 Å². The molecule has 19 heavy (non-hydrogen) atoms. The second-order valence-electron chi connectivity index (χ2n) is 5.21. The first-order valence-electron chi connectivity index (χ1n) is 6.03. The van der Waals surface area contributed by atoms with Crippen molar-refractivity contribution in [3.63, 3.8) is 0 Å². The fourth-order valence-corrected chi connectivity index (χ4v) is 2.04. The molecule has 0 saturated carbocycles. The molecule has 0 saturated heterocycles. The number of benzene rings is 1. The van der Waals surface area contributed by atoms with Crippen molar-refractivity contribution in [2.24, 2.45) is 5.92 Å². The Morgan fingerprint density at radius 3 is 2.53 bits per heavy atom. The SMILES string of the molecule is Cc1cc(Br)cc(C(=O)O)c1OCC(C)(O)C(C)C. The number of ether oxygens (including phenoxy) is 1. The Bertz CT molecular complexity index is 481. The molecule has 1 atom stereocenters. The van der Waals surface area contributed by atoms with Crippen molar-refractivity contribution in [1.82, 2.24) is 0 Å². The fraction of sp³-hybridized carbons (Fsp3) is 0.500. The molecule has 0 aliphatic rings. The lowest BCUT2D eigenvalue weighted by molar-refractivity contribution is -0.0271. The van der Waals surface area contributed by atoms with Gasteiger partial charge in [0, 0.05) is 4.47 Å². The number of rotatable bonds is 5. The zero-order valence-electron chi connectivity index (χ0n) is 11.5. The lowest BCUT2D eigenvalue weighted by atomic mass is 9.93. The number of aromatic carboxylic acids is 1. The van der Waals surface area contributed by atoms with Crippen molar-refractivity contribution in [2.45, 2.75) is 33.3 Å². The summed E-state index contributed by atoms with van der Waals surface area (Å²) in [6.07, 6.45) is 0. The topological polar surface area (TPSA) is 66.8 Å². The third-order valence-electron chi connectivity index (χ3n) is 3.22. The summed E-state index contributed by atoms with van der Waals surface area (Å²) < 4.78 is 6.24. The average molecular weight is 331 g/mol. The Morgan fingerprint density at radius 2 is 2.05 bits per heavy atom. The van der Waals surface area contributed by atoms with E-state index < -0.39 is 11.6 Å². The molecule has 106 valence electrons. The minimum absolute atomic E-state index is 0.0107. The number of carboxylic acids is 1. The maximum atomic E-state index is 11.2. The van der Waals surface area contributed by atoms with Gasteiger partial charge >= 0.3 is 5.97 Å². The van der Waals surface area contributed by atoms with Crippen molar-refractivity contribution >= 4 is 21.9 Å². The number of hydrogen-bond donors (Lipinski definition) is 2. The first kappa shape index (κ1) is 16.0. The highest BCUT2D eigenvalue weighted by Gasteiger charge is 2.27. The summed E-state index contributed by atoms with van der Waals surface area (Å²) in [6.45, 7) is 7.27. The minimum Gasteiger partial charge on any atom is -0.489 e. The van der Waals surface area contributed by atoms with Crippen LogP contribution in [0.3, 0.4) is 0 Å². The summed E-state index contributed by atoms with van der Waals surface area (Å²) in [6, 6.07) is 3.28. The maximum absolute atomic E-state index is 11.2. The molecular formula is C14H19BrO4. The molecule has 5 heteroatoms. The molecule has 0 fully saturated rings. The van der Waals surface area contributed by atoms with Crippen LogP contribution >= 0.6 is 15.9 Å². The van der Waals surface area contributed by atoms with Gasteiger partial charge in [0.2, 0.25) is 0 Å². The molecule has 0 aromatic heterocycles. The van der Waals surface area contributed by atoms with Gasteiger partial charge in [-0.2, -0.15) is 0 Å². The van der Waals surface area contributed by atoms with Gasteiger partial charge in [-0.3, -0.25) is 0 Å². The molecule has 1 aromatic carbocycles. The van der Waals surface area contributed by atoms with E-state index in [9.17, 15) is 15.0 Å². The maximum Gasteiger partial charge on any atom is 0.339 e. The average Bonchev–Trinajstić information content (AvgIpc) is 2.26. The van der Waals surface area contributed by atoms with E-state index in [0.29, 0.717) is 15.8 Å². The quantitative estimate of drug-likeness (QED) is 0.869. The third kappa shape index (κ3) is 3.94. The zero-order valence-corrected chi connectivity index (χ0v) is 13.1. The van der Waals surface area contributed by atoms with E-state index in [1.54, 1.807) is 19.9 Å². The van der Waals surface area contributed by atoms with Crippen LogP contribution in [-0.2, 0) is 0 Å². The molecule has 1 rings (SSSR count). The molecule has 1 unspecified atom stereocenters. The van der Waals surface area contributed by atoms with Gasteiger partial charge in [0.1, 0.15) is 17.9 Å². The fourth-order valence-electron chi connectivity index (χ4n) is 1.47. The van der Waals surface area contributed by atoms with Crippen molar-refractivity contribution in [2.75, 3.05) is 6.61 Å². The van der Waals surface area contributed by atoms with Crippen LogP contribution in [0.1, 0.15) is 36.7 Å². The van der Waals surface area contributed by atoms with E-state index in [-0.39, 0.29) is 18.1 Å². The van der Waals surface area contributed by atoms with E-state index in [0.717, 1.165) is 0 Å². The van der Waals surface area contributed by atoms with Gasteiger partial charge in [-0.1, -0.05) is 29.8 Å². The van der Waals surface area contributed by atoms with Crippen LogP contribution in [0.15, 0.2) is 16.6 Å². The summed E-state index contributed by atoms with van der Waals surface area (Å²) in [4.78, 5) is 11.2. The largest absolute Gasteiger partial charge is 0.489 e. The summed E-state index contributed by atoms with van der Waals surface area (Å²) in [5.41, 5.74) is -0.201. The third-order valence-corrected chi connectivity index (χ3v) is 3.68. The lowest BCUT2D eigenvalue weighted by Crippen LogP contribution is -2.38. The Labute approximate surface area is 121 Å². The van der Waals surface area contributed by atoms with Crippen molar-refractivity contribution in [3.05, 3.63) is 27.7 Å². The first-order valence-corrected chi connectivity index (χ1v) is 6.83.